The number of rotatable bonds is 4. The predicted octanol–water partition coefficient (Wildman–Crippen LogP) is 3.11. The van der Waals surface area contributed by atoms with Crippen LogP contribution in [0.1, 0.15) is 10.5 Å². The van der Waals surface area contributed by atoms with Gasteiger partial charge in [-0.3, -0.25) is 4.79 Å². The van der Waals surface area contributed by atoms with Gasteiger partial charge >= 0.3 is 0 Å². The highest BCUT2D eigenvalue weighted by molar-refractivity contribution is 9.10. The number of aromatic nitrogens is 1. The second-order valence-electron chi connectivity index (χ2n) is 3.85. The Morgan fingerprint density at radius 3 is 2.70 bits per heavy atom. The lowest BCUT2D eigenvalue weighted by atomic mass is 10.2. The van der Waals surface area contributed by atoms with Crippen LogP contribution < -0.4 is 14.8 Å². The van der Waals surface area contributed by atoms with Gasteiger partial charge in [0.2, 0.25) is 0 Å². The van der Waals surface area contributed by atoms with Crippen molar-refractivity contribution in [2.75, 3.05) is 19.5 Å². The molecule has 20 heavy (non-hydrogen) atoms. The first-order chi connectivity index (χ1) is 9.65. The summed E-state index contributed by atoms with van der Waals surface area (Å²) < 4.78 is 11.0. The van der Waals surface area contributed by atoms with Crippen LogP contribution in [0.3, 0.4) is 0 Å². The van der Waals surface area contributed by atoms with Crippen LogP contribution in [-0.4, -0.2) is 25.1 Å². The zero-order valence-corrected chi connectivity index (χ0v) is 12.6. The second-order valence-corrected chi connectivity index (χ2v) is 4.71. The van der Waals surface area contributed by atoms with Crippen LogP contribution in [0, 0.1) is 0 Å². The van der Waals surface area contributed by atoms with Crippen LogP contribution in [0.4, 0.5) is 5.69 Å². The summed E-state index contributed by atoms with van der Waals surface area (Å²) in [4.78, 5) is 16.2. The standard InChI is InChI=1S/C14H13BrN2O3/c1-19-9-5-6-12(20-2)11(8-9)17-14(18)13-10(15)4-3-7-16-13/h3-8H,1-2H3,(H,17,18). The molecule has 0 atom stereocenters. The number of anilines is 1. The average molecular weight is 337 g/mol. The van der Waals surface area contributed by atoms with Gasteiger partial charge in [0.05, 0.1) is 19.9 Å². The molecule has 0 saturated heterocycles. The molecule has 0 saturated carbocycles. The van der Waals surface area contributed by atoms with Crippen molar-refractivity contribution in [2.24, 2.45) is 0 Å². The number of carbonyl (C=O) groups is 1. The number of nitrogens with one attached hydrogen (secondary N) is 1. The highest BCUT2D eigenvalue weighted by atomic mass is 79.9. The average Bonchev–Trinajstić information content (AvgIpc) is 2.47. The Kier molecular flexibility index (Phi) is 4.57. The van der Waals surface area contributed by atoms with E-state index in [1.54, 1.807) is 43.6 Å². The molecule has 0 aliphatic carbocycles. The fourth-order valence-corrected chi connectivity index (χ4v) is 2.08. The Balaban J connectivity index is 2.29. The van der Waals surface area contributed by atoms with Crippen LogP contribution in [0.2, 0.25) is 0 Å². The first-order valence-electron chi connectivity index (χ1n) is 5.79. The van der Waals surface area contributed by atoms with Crippen molar-refractivity contribution in [3.05, 3.63) is 46.7 Å². The number of pyridine rings is 1. The van der Waals surface area contributed by atoms with Gasteiger partial charge in [0.15, 0.2) is 0 Å². The van der Waals surface area contributed by atoms with Crippen LogP contribution in [0.25, 0.3) is 0 Å². The number of methoxy groups -OCH3 is 2. The van der Waals surface area contributed by atoms with E-state index in [0.29, 0.717) is 27.4 Å². The fourth-order valence-electron chi connectivity index (χ4n) is 1.65. The first-order valence-corrected chi connectivity index (χ1v) is 6.59. The molecule has 2 aromatic rings. The molecule has 6 heteroatoms. The van der Waals surface area contributed by atoms with Crippen molar-refractivity contribution < 1.29 is 14.3 Å². The smallest absolute Gasteiger partial charge is 0.275 e. The number of hydrogen-bond donors (Lipinski definition) is 1. The van der Waals surface area contributed by atoms with Crippen LogP contribution >= 0.6 is 15.9 Å². The largest absolute Gasteiger partial charge is 0.497 e. The number of carbonyl (C=O) groups excluding carboxylic acids is 1. The van der Waals surface area contributed by atoms with Crippen LogP contribution in [-0.2, 0) is 0 Å². The zero-order valence-electron chi connectivity index (χ0n) is 11.0. The lowest BCUT2D eigenvalue weighted by molar-refractivity contribution is 0.102. The van der Waals surface area contributed by atoms with Crippen molar-refractivity contribution in [3.63, 3.8) is 0 Å². The molecule has 0 bridgehead atoms. The van der Waals surface area contributed by atoms with E-state index in [-0.39, 0.29) is 5.91 Å². The van der Waals surface area contributed by atoms with E-state index >= 15 is 0 Å². The molecule has 104 valence electrons. The zero-order chi connectivity index (χ0) is 14.5. The lowest BCUT2D eigenvalue weighted by Gasteiger charge is -2.11. The maximum Gasteiger partial charge on any atom is 0.275 e. The van der Waals surface area contributed by atoms with E-state index in [4.69, 9.17) is 9.47 Å². The molecular formula is C14H13BrN2O3. The maximum atomic E-state index is 12.2. The fraction of sp³-hybridized carbons (Fsp3) is 0.143. The van der Waals surface area contributed by atoms with Gasteiger partial charge in [-0.15, -0.1) is 0 Å². The minimum Gasteiger partial charge on any atom is -0.497 e. The third-order valence-electron chi connectivity index (χ3n) is 2.63. The molecule has 5 nitrogen and oxygen atoms in total. The third-order valence-corrected chi connectivity index (χ3v) is 3.27. The number of benzene rings is 1. The SMILES string of the molecule is COc1ccc(OC)c(NC(=O)c2ncccc2Br)c1. The normalized spacial score (nSPS) is 9.95. The summed E-state index contributed by atoms with van der Waals surface area (Å²) in [5.74, 6) is 0.844. The van der Waals surface area contributed by atoms with Gasteiger partial charge in [-0.1, -0.05) is 0 Å². The lowest BCUT2D eigenvalue weighted by Crippen LogP contribution is -2.15. The number of amides is 1. The predicted molar refractivity (Wildman–Crippen MR) is 79.4 cm³/mol. The molecule has 0 unspecified atom stereocenters. The monoisotopic (exact) mass is 336 g/mol. The van der Waals surface area contributed by atoms with E-state index in [1.165, 1.54) is 7.11 Å². The Morgan fingerprint density at radius 1 is 1.25 bits per heavy atom. The molecule has 0 aliphatic rings. The van der Waals surface area contributed by atoms with Crippen molar-refractivity contribution in [1.29, 1.82) is 0 Å². The molecule has 0 spiro atoms. The van der Waals surface area contributed by atoms with Gasteiger partial charge in [-0.2, -0.15) is 0 Å². The molecule has 1 heterocycles. The van der Waals surface area contributed by atoms with Crippen molar-refractivity contribution in [2.45, 2.75) is 0 Å². The Morgan fingerprint density at radius 2 is 2.05 bits per heavy atom. The minimum atomic E-state index is -0.330. The number of nitrogens with zero attached hydrogens (tertiary/aromatic N) is 1. The van der Waals surface area contributed by atoms with Crippen LogP contribution in [0.5, 0.6) is 11.5 Å². The summed E-state index contributed by atoms with van der Waals surface area (Å²) in [5, 5.41) is 2.76. The molecule has 1 aromatic heterocycles. The number of ether oxygens (including phenoxy) is 2. The Hall–Kier alpha value is -2.08. The molecule has 0 aliphatic heterocycles. The summed E-state index contributed by atoms with van der Waals surface area (Å²) in [7, 11) is 3.09. The van der Waals surface area contributed by atoms with Crippen molar-refractivity contribution in [3.8, 4) is 11.5 Å². The van der Waals surface area contributed by atoms with Gasteiger partial charge in [-0.25, -0.2) is 4.98 Å². The quantitative estimate of drug-likeness (QED) is 0.931. The molecule has 1 N–H and O–H groups in total. The molecular weight excluding hydrogens is 324 g/mol. The highest BCUT2D eigenvalue weighted by Crippen LogP contribution is 2.29. The number of hydrogen-bond acceptors (Lipinski definition) is 4. The Bertz CT molecular complexity index is 632. The molecule has 0 radical (unpaired) electrons. The van der Waals surface area contributed by atoms with Gasteiger partial charge in [0.1, 0.15) is 17.2 Å². The van der Waals surface area contributed by atoms with Gasteiger partial charge in [0, 0.05) is 16.7 Å². The van der Waals surface area contributed by atoms with E-state index in [1.807, 2.05) is 0 Å². The summed E-state index contributed by atoms with van der Waals surface area (Å²) in [6.45, 7) is 0. The van der Waals surface area contributed by atoms with E-state index in [0.717, 1.165) is 0 Å². The minimum absolute atomic E-state index is 0.303. The topological polar surface area (TPSA) is 60.5 Å². The highest BCUT2D eigenvalue weighted by Gasteiger charge is 2.14. The molecule has 2 rings (SSSR count). The second kappa shape index (κ2) is 6.38. The molecule has 1 amide bonds. The van der Waals surface area contributed by atoms with Gasteiger partial charge < -0.3 is 14.8 Å². The third kappa shape index (κ3) is 3.08. The number of halogens is 1. The van der Waals surface area contributed by atoms with Gasteiger partial charge in [0.25, 0.3) is 5.91 Å². The summed E-state index contributed by atoms with van der Waals surface area (Å²) in [5.41, 5.74) is 0.826. The van der Waals surface area contributed by atoms with Gasteiger partial charge in [-0.05, 0) is 40.2 Å². The van der Waals surface area contributed by atoms with Crippen LogP contribution in [0.15, 0.2) is 41.0 Å². The molecule has 1 aromatic carbocycles. The van der Waals surface area contributed by atoms with E-state index in [2.05, 4.69) is 26.2 Å². The van der Waals surface area contributed by atoms with Crippen molar-refractivity contribution >= 4 is 27.5 Å². The van der Waals surface area contributed by atoms with E-state index in [9.17, 15) is 4.79 Å². The summed E-state index contributed by atoms with van der Waals surface area (Å²) in [6.07, 6.45) is 1.56. The maximum absolute atomic E-state index is 12.2. The Labute approximate surface area is 125 Å². The summed E-state index contributed by atoms with van der Waals surface area (Å²) >= 11 is 3.29. The summed E-state index contributed by atoms with van der Waals surface area (Å²) in [6, 6.07) is 8.67. The molecule has 0 fully saturated rings. The first kappa shape index (κ1) is 14.3. The van der Waals surface area contributed by atoms with Crippen molar-refractivity contribution in [1.82, 2.24) is 4.98 Å². The van der Waals surface area contributed by atoms with E-state index < -0.39 is 0 Å².